The number of aryl methyl sites for hydroxylation is 1. The molecule has 0 saturated carbocycles. The summed E-state index contributed by atoms with van der Waals surface area (Å²) in [5, 5.41) is 4.49. The highest BCUT2D eigenvalue weighted by molar-refractivity contribution is 9.10. The van der Waals surface area contributed by atoms with E-state index in [9.17, 15) is 48.7 Å². The average molecular weight is 619 g/mol. The van der Waals surface area contributed by atoms with E-state index in [1.807, 2.05) is 0 Å². The van der Waals surface area contributed by atoms with E-state index in [1.54, 1.807) is 0 Å². The fourth-order valence-electron chi connectivity index (χ4n) is 3.22. The van der Waals surface area contributed by atoms with Gasteiger partial charge in [-0.3, -0.25) is 9.59 Å². The monoisotopic (exact) mass is 618 g/mol. The van der Waals surface area contributed by atoms with Crippen LogP contribution in [0.2, 0.25) is 0 Å². The van der Waals surface area contributed by atoms with Crippen molar-refractivity contribution in [3.05, 3.63) is 75.4 Å². The van der Waals surface area contributed by atoms with Gasteiger partial charge in [-0.15, -0.1) is 0 Å². The zero-order valence-electron chi connectivity index (χ0n) is 18.9. The predicted octanol–water partition coefficient (Wildman–Crippen LogP) is 5.59. The quantitative estimate of drug-likeness (QED) is 0.396. The third-order valence-electron chi connectivity index (χ3n) is 4.87. The summed E-state index contributed by atoms with van der Waals surface area (Å²) in [5.41, 5.74) is -8.69. The van der Waals surface area contributed by atoms with Crippen LogP contribution in [0, 0.1) is 6.92 Å². The fourth-order valence-corrected chi connectivity index (χ4v) is 4.47. The molecule has 0 aliphatic rings. The molecule has 2 N–H and O–H groups in total. The van der Waals surface area contributed by atoms with Crippen molar-refractivity contribution in [3.63, 3.8) is 0 Å². The van der Waals surface area contributed by atoms with Gasteiger partial charge in [0, 0.05) is 27.7 Å². The molecule has 0 aromatic heterocycles. The van der Waals surface area contributed by atoms with Crippen molar-refractivity contribution in [2.45, 2.75) is 24.9 Å². The Kier molecular flexibility index (Phi) is 8.54. The van der Waals surface area contributed by atoms with Crippen LogP contribution in [-0.2, 0) is 15.5 Å². The van der Waals surface area contributed by atoms with Crippen LogP contribution >= 0.6 is 15.9 Å². The largest absolute Gasteiger partial charge is 0.435 e. The third kappa shape index (κ3) is 6.69. The number of amides is 2. The highest BCUT2D eigenvalue weighted by Gasteiger charge is 2.73. The van der Waals surface area contributed by atoms with Gasteiger partial charge >= 0.3 is 18.0 Å². The third-order valence-corrected chi connectivity index (χ3v) is 6.40. The number of anilines is 1. The summed E-state index contributed by atoms with van der Waals surface area (Å²) < 4.78 is 115. The topological polar surface area (TPSA) is 92.3 Å². The van der Waals surface area contributed by atoms with Gasteiger partial charge < -0.3 is 10.6 Å². The highest BCUT2D eigenvalue weighted by Crippen LogP contribution is 2.53. The molecule has 2 aromatic carbocycles. The lowest BCUT2D eigenvalue weighted by atomic mass is 9.92. The van der Waals surface area contributed by atoms with E-state index < -0.39 is 51.0 Å². The molecular weight excluding hydrogens is 601 g/mol. The number of carbonyl (C=O) groups is 2. The first-order chi connectivity index (χ1) is 16.7. The van der Waals surface area contributed by atoms with E-state index in [0.717, 1.165) is 13.2 Å². The second-order valence-electron chi connectivity index (χ2n) is 7.93. The summed E-state index contributed by atoms with van der Waals surface area (Å²) in [5.74, 6) is -2.49. The van der Waals surface area contributed by atoms with Crippen LogP contribution in [0.25, 0.3) is 0 Å². The molecule has 0 fully saturated rings. The van der Waals surface area contributed by atoms with Gasteiger partial charge in [-0.05, 0) is 46.6 Å². The minimum absolute atomic E-state index is 0.106. The molecule has 0 unspecified atom stereocenters. The SMILES string of the molecule is C=C(CS(C)(=O)=O)NC(=O)c1c(Br)cccc1C(=O)Nc1ccc(C(F)(C(F)(F)F)C(F)(F)F)cc1C. The molecule has 0 bridgehead atoms. The molecule has 0 aliphatic carbocycles. The molecule has 2 rings (SSSR count). The number of sulfone groups is 1. The lowest BCUT2D eigenvalue weighted by Crippen LogP contribution is -2.50. The van der Waals surface area contributed by atoms with E-state index in [4.69, 9.17) is 0 Å². The minimum Gasteiger partial charge on any atom is -0.325 e. The van der Waals surface area contributed by atoms with Gasteiger partial charge in [0.25, 0.3) is 11.8 Å². The van der Waals surface area contributed by atoms with E-state index in [0.29, 0.717) is 12.1 Å². The number of benzene rings is 2. The summed E-state index contributed by atoms with van der Waals surface area (Å²) in [6.45, 7) is 4.49. The number of hydrogen-bond donors (Lipinski definition) is 2. The minimum atomic E-state index is -6.30. The van der Waals surface area contributed by atoms with Crippen molar-refractivity contribution in [2.75, 3.05) is 17.3 Å². The van der Waals surface area contributed by atoms with Crippen molar-refractivity contribution < 1.29 is 48.7 Å². The molecule has 2 aromatic rings. The number of carbonyl (C=O) groups excluding carboxylic acids is 2. The Balaban J connectivity index is 2.41. The summed E-state index contributed by atoms with van der Waals surface area (Å²) in [6, 6.07) is 5.16. The van der Waals surface area contributed by atoms with Crippen molar-refractivity contribution in [1.29, 1.82) is 0 Å². The first kappa shape index (κ1) is 30.3. The average Bonchev–Trinajstić information content (AvgIpc) is 2.71. The van der Waals surface area contributed by atoms with E-state index in [2.05, 4.69) is 33.1 Å². The van der Waals surface area contributed by atoms with Crippen LogP contribution in [0.1, 0.15) is 31.8 Å². The Morgan fingerprint density at radius 2 is 1.54 bits per heavy atom. The molecule has 0 spiro atoms. The van der Waals surface area contributed by atoms with Gasteiger partial charge in [0.15, 0.2) is 9.84 Å². The van der Waals surface area contributed by atoms with Crippen LogP contribution in [-0.4, -0.2) is 44.6 Å². The Hall–Kier alpha value is -2.94. The molecule has 2 amide bonds. The predicted molar refractivity (Wildman–Crippen MR) is 124 cm³/mol. The van der Waals surface area contributed by atoms with Crippen molar-refractivity contribution in [1.82, 2.24) is 5.32 Å². The molecule has 0 saturated heterocycles. The lowest BCUT2D eigenvalue weighted by molar-refractivity contribution is -0.348. The molecule has 0 radical (unpaired) electrons. The van der Waals surface area contributed by atoms with Crippen LogP contribution in [0.4, 0.5) is 36.4 Å². The highest BCUT2D eigenvalue weighted by atomic mass is 79.9. The van der Waals surface area contributed by atoms with Crippen molar-refractivity contribution in [3.8, 4) is 0 Å². The first-order valence-corrected chi connectivity index (χ1v) is 12.7. The molecular formula is C22H18BrF7N2O4S. The van der Waals surface area contributed by atoms with Crippen molar-refractivity contribution in [2.24, 2.45) is 0 Å². The maximum Gasteiger partial charge on any atom is 0.435 e. The molecule has 15 heteroatoms. The number of hydrogen-bond acceptors (Lipinski definition) is 4. The van der Waals surface area contributed by atoms with Gasteiger partial charge in [-0.1, -0.05) is 24.8 Å². The van der Waals surface area contributed by atoms with Crippen molar-refractivity contribution >= 4 is 43.3 Å². The maximum atomic E-state index is 14.3. The smallest absolute Gasteiger partial charge is 0.325 e. The Labute approximate surface area is 215 Å². The van der Waals surface area contributed by atoms with Crippen LogP contribution in [0.3, 0.4) is 0 Å². The maximum absolute atomic E-state index is 14.3. The van der Waals surface area contributed by atoms with Gasteiger partial charge in [0.2, 0.25) is 0 Å². The standard InChI is InChI=1S/C22H18BrF7N2O4S/c1-11-9-13(20(24,21(25,26)27)22(28,29)30)7-8-16(11)32-18(33)14-5-4-6-15(23)17(14)19(34)31-12(2)10-37(3,35)36/h4-9H,2,10H2,1,3H3,(H,31,34)(H,32,33). The van der Waals surface area contributed by atoms with Crippen LogP contribution in [0.15, 0.2) is 53.1 Å². The van der Waals surface area contributed by atoms with Gasteiger partial charge in [-0.25, -0.2) is 12.8 Å². The normalized spacial score (nSPS) is 12.7. The molecule has 0 aliphatic heterocycles. The molecule has 0 atom stereocenters. The number of nitrogens with one attached hydrogen (secondary N) is 2. The summed E-state index contributed by atoms with van der Waals surface area (Å²) in [4.78, 5) is 25.6. The summed E-state index contributed by atoms with van der Waals surface area (Å²) >= 11 is 3.09. The Morgan fingerprint density at radius 3 is 2.03 bits per heavy atom. The Bertz CT molecular complexity index is 1340. The zero-order valence-corrected chi connectivity index (χ0v) is 21.3. The molecule has 202 valence electrons. The lowest BCUT2D eigenvalue weighted by Gasteiger charge is -2.30. The molecule has 6 nitrogen and oxygen atoms in total. The molecule has 37 heavy (non-hydrogen) atoms. The summed E-state index contributed by atoms with van der Waals surface area (Å²) in [7, 11) is -3.54. The zero-order chi connectivity index (χ0) is 28.6. The molecule has 0 heterocycles. The van der Waals surface area contributed by atoms with E-state index in [-0.39, 0.29) is 38.6 Å². The number of halogens is 8. The van der Waals surface area contributed by atoms with Gasteiger partial charge in [0.05, 0.1) is 16.9 Å². The first-order valence-electron chi connectivity index (χ1n) is 9.89. The second-order valence-corrected chi connectivity index (χ2v) is 10.9. The van der Waals surface area contributed by atoms with Gasteiger partial charge in [0.1, 0.15) is 0 Å². The number of rotatable bonds is 7. The van der Waals surface area contributed by atoms with Crippen LogP contribution < -0.4 is 10.6 Å². The van der Waals surface area contributed by atoms with Crippen LogP contribution in [0.5, 0.6) is 0 Å². The Morgan fingerprint density at radius 1 is 0.973 bits per heavy atom. The second kappa shape index (κ2) is 10.4. The van der Waals surface area contributed by atoms with Gasteiger partial charge in [-0.2, -0.15) is 26.3 Å². The fraction of sp³-hybridized carbons (Fsp3) is 0.273. The number of alkyl halides is 7. The van der Waals surface area contributed by atoms with E-state index >= 15 is 0 Å². The summed E-state index contributed by atoms with van der Waals surface area (Å²) in [6.07, 6.45) is -11.7. The van der Waals surface area contributed by atoms with E-state index in [1.165, 1.54) is 18.2 Å².